The normalized spacial score (nSPS) is 17.7. The summed E-state index contributed by atoms with van der Waals surface area (Å²) < 4.78 is 0. The number of likely N-dealkylation sites (tertiary alicyclic amines) is 2. The van der Waals surface area contributed by atoms with Crippen LogP contribution in [-0.2, 0) is 13.1 Å². The molecule has 0 bridgehead atoms. The molecule has 2 heterocycles. The molecule has 1 amide bonds. The number of aromatic hydroxyl groups is 1. The molecule has 0 atom stereocenters. The highest BCUT2D eigenvalue weighted by atomic mass is 16.3. The lowest BCUT2D eigenvalue weighted by molar-refractivity contribution is 0.102. The Hall–Kier alpha value is -2.37. The fourth-order valence-electron chi connectivity index (χ4n) is 4.46. The van der Waals surface area contributed by atoms with E-state index in [0.29, 0.717) is 11.3 Å². The molecule has 0 saturated carbocycles. The zero-order chi connectivity index (χ0) is 20.2. The van der Waals surface area contributed by atoms with Gasteiger partial charge < -0.3 is 10.4 Å². The second-order valence-corrected chi connectivity index (χ2v) is 8.38. The average molecular weight is 394 g/mol. The van der Waals surface area contributed by atoms with Crippen LogP contribution in [0.1, 0.15) is 52.7 Å². The molecule has 0 spiro atoms. The van der Waals surface area contributed by atoms with Crippen molar-refractivity contribution in [3.63, 3.8) is 0 Å². The number of phenolic OH excluding ortho intramolecular Hbond substituents is 1. The number of phenols is 1. The van der Waals surface area contributed by atoms with Crippen molar-refractivity contribution in [1.82, 2.24) is 9.80 Å². The fourth-order valence-corrected chi connectivity index (χ4v) is 4.46. The Kier molecular flexibility index (Phi) is 6.16. The van der Waals surface area contributed by atoms with Crippen molar-refractivity contribution in [2.45, 2.75) is 45.7 Å². The van der Waals surface area contributed by atoms with Crippen molar-refractivity contribution in [3.8, 4) is 5.75 Å². The summed E-state index contributed by atoms with van der Waals surface area (Å²) in [5.74, 6) is 0.283. The number of aryl methyl sites for hydroxylation is 1. The average Bonchev–Trinajstić information content (AvgIpc) is 3.40. The molecular weight excluding hydrogens is 362 g/mol. The van der Waals surface area contributed by atoms with Crippen molar-refractivity contribution in [1.29, 1.82) is 0 Å². The summed E-state index contributed by atoms with van der Waals surface area (Å²) in [4.78, 5) is 17.6. The molecule has 0 unspecified atom stereocenters. The summed E-state index contributed by atoms with van der Waals surface area (Å²) in [6.45, 7) is 7.69. The summed E-state index contributed by atoms with van der Waals surface area (Å²) in [7, 11) is 0. The van der Waals surface area contributed by atoms with Gasteiger partial charge in [-0.15, -0.1) is 0 Å². The third-order valence-electron chi connectivity index (χ3n) is 6.10. The number of nitrogens with one attached hydrogen (secondary N) is 1. The molecule has 2 aliphatic rings. The Morgan fingerprint density at radius 3 is 1.97 bits per heavy atom. The van der Waals surface area contributed by atoms with Gasteiger partial charge in [-0.1, -0.05) is 18.2 Å². The number of nitrogens with zero attached hydrogens (tertiary/aromatic N) is 2. The van der Waals surface area contributed by atoms with Crippen LogP contribution in [0.25, 0.3) is 0 Å². The minimum absolute atomic E-state index is 0.104. The first-order valence-electron chi connectivity index (χ1n) is 10.8. The van der Waals surface area contributed by atoms with E-state index in [1.54, 1.807) is 0 Å². The minimum Gasteiger partial charge on any atom is -0.507 e. The van der Waals surface area contributed by atoms with Crippen LogP contribution in [0.4, 0.5) is 5.69 Å². The van der Waals surface area contributed by atoms with Crippen LogP contribution in [0, 0.1) is 6.92 Å². The van der Waals surface area contributed by atoms with Crippen molar-refractivity contribution in [2.75, 3.05) is 31.5 Å². The molecule has 5 nitrogen and oxygen atoms in total. The fraction of sp³-hybridized carbons (Fsp3) is 0.458. The quantitative estimate of drug-likeness (QED) is 0.724. The number of benzene rings is 2. The Morgan fingerprint density at radius 2 is 1.45 bits per heavy atom. The molecule has 2 aromatic rings. The second-order valence-electron chi connectivity index (χ2n) is 8.38. The van der Waals surface area contributed by atoms with Gasteiger partial charge in [0.25, 0.3) is 5.91 Å². The first kappa shape index (κ1) is 19.9. The van der Waals surface area contributed by atoms with E-state index in [9.17, 15) is 9.90 Å². The van der Waals surface area contributed by atoms with Crippen LogP contribution in [-0.4, -0.2) is 47.0 Å². The van der Waals surface area contributed by atoms with Gasteiger partial charge in [0.15, 0.2) is 0 Å². The van der Waals surface area contributed by atoms with Crippen molar-refractivity contribution < 1.29 is 9.90 Å². The molecule has 5 heteroatoms. The van der Waals surface area contributed by atoms with E-state index >= 15 is 0 Å². The Morgan fingerprint density at radius 1 is 0.931 bits per heavy atom. The number of carbonyl (C=O) groups excluding carboxylic acids is 1. The Balaban J connectivity index is 1.60. The molecule has 4 rings (SSSR count). The Labute approximate surface area is 173 Å². The lowest BCUT2D eigenvalue weighted by atomic mass is 10.0. The summed E-state index contributed by atoms with van der Waals surface area (Å²) in [6, 6.07) is 11.5. The summed E-state index contributed by atoms with van der Waals surface area (Å²) >= 11 is 0. The van der Waals surface area contributed by atoms with Gasteiger partial charge >= 0.3 is 0 Å². The topological polar surface area (TPSA) is 55.8 Å². The van der Waals surface area contributed by atoms with Gasteiger partial charge in [-0.2, -0.15) is 0 Å². The number of hydrogen-bond donors (Lipinski definition) is 2. The zero-order valence-electron chi connectivity index (χ0n) is 17.3. The van der Waals surface area contributed by atoms with E-state index < -0.39 is 0 Å². The van der Waals surface area contributed by atoms with Crippen molar-refractivity contribution >= 4 is 11.6 Å². The molecule has 2 saturated heterocycles. The van der Waals surface area contributed by atoms with Crippen LogP contribution in [0.15, 0.2) is 36.4 Å². The molecule has 2 aromatic carbocycles. The van der Waals surface area contributed by atoms with Gasteiger partial charge in [0.2, 0.25) is 0 Å². The number of rotatable bonds is 6. The minimum atomic E-state index is -0.104. The third kappa shape index (κ3) is 4.80. The summed E-state index contributed by atoms with van der Waals surface area (Å²) in [5, 5.41) is 14.0. The van der Waals surface area contributed by atoms with Crippen LogP contribution in [0.3, 0.4) is 0 Å². The highest BCUT2D eigenvalue weighted by Crippen LogP contribution is 2.31. The smallest absolute Gasteiger partial charge is 0.255 e. The van der Waals surface area contributed by atoms with Crippen LogP contribution < -0.4 is 5.32 Å². The highest BCUT2D eigenvalue weighted by Gasteiger charge is 2.20. The third-order valence-corrected chi connectivity index (χ3v) is 6.10. The predicted octanol–water partition coefficient (Wildman–Crippen LogP) is 4.14. The standard InChI is InChI=1S/C24H31N3O2/c1-18-8-2-3-9-22(18)24(29)25-21-14-19(16-26-10-4-5-11-26)23(28)20(15-21)17-27-12-6-7-13-27/h2-3,8-9,14-15,28H,4-7,10-13,16-17H2,1H3,(H,25,29). The van der Waals surface area contributed by atoms with Crippen molar-refractivity contribution in [3.05, 3.63) is 58.7 Å². The van der Waals surface area contributed by atoms with Crippen LogP contribution in [0.5, 0.6) is 5.75 Å². The van der Waals surface area contributed by atoms with Gasteiger partial charge in [0, 0.05) is 35.5 Å². The van der Waals surface area contributed by atoms with Crippen LogP contribution >= 0.6 is 0 Å². The monoisotopic (exact) mass is 393 g/mol. The summed E-state index contributed by atoms with van der Waals surface area (Å²) in [6.07, 6.45) is 4.85. The van der Waals surface area contributed by atoms with Gasteiger partial charge in [-0.3, -0.25) is 14.6 Å². The molecule has 2 fully saturated rings. The van der Waals surface area contributed by atoms with Gasteiger partial charge in [0.1, 0.15) is 5.75 Å². The summed E-state index contributed by atoms with van der Waals surface area (Å²) in [5.41, 5.74) is 4.22. The lowest BCUT2D eigenvalue weighted by Crippen LogP contribution is -2.21. The molecule has 0 aliphatic carbocycles. The maximum Gasteiger partial charge on any atom is 0.255 e. The van der Waals surface area contributed by atoms with Gasteiger partial charge in [0.05, 0.1) is 0 Å². The molecule has 29 heavy (non-hydrogen) atoms. The van der Waals surface area contributed by atoms with E-state index in [0.717, 1.165) is 61.6 Å². The first-order valence-corrected chi connectivity index (χ1v) is 10.8. The molecule has 2 N–H and O–H groups in total. The molecule has 2 aliphatic heterocycles. The predicted molar refractivity (Wildman–Crippen MR) is 116 cm³/mol. The van der Waals surface area contributed by atoms with Crippen molar-refractivity contribution in [2.24, 2.45) is 0 Å². The number of amides is 1. The largest absolute Gasteiger partial charge is 0.507 e. The second kappa shape index (κ2) is 8.97. The SMILES string of the molecule is Cc1ccccc1C(=O)Nc1cc(CN2CCCC2)c(O)c(CN2CCCC2)c1. The first-order chi connectivity index (χ1) is 14.1. The Bertz CT molecular complexity index is 829. The van der Waals surface area contributed by atoms with E-state index in [2.05, 4.69) is 15.1 Å². The van der Waals surface area contributed by atoms with E-state index in [-0.39, 0.29) is 5.91 Å². The van der Waals surface area contributed by atoms with E-state index in [1.165, 1.54) is 25.7 Å². The number of anilines is 1. The number of carbonyl (C=O) groups is 1. The highest BCUT2D eigenvalue weighted by molar-refractivity contribution is 6.05. The molecular formula is C24H31N3O2. The van der Waals surface area contributed by atoms with Crippen LogP contribution in [0.2, 0.25) is 0 Å². The maximum atomic E-state index is 12.8. The van der Waals surface area contributed by atoms with E-state index in [4.69, 9.17) is 0 Å². The number of hydrogen-bond acceptors (Lipinski definition) is 4. The maximum absolute atomic E-state index is 12.8. The zero-order valence-corrected chi connectivity index (χ0v) is 17.3. The lowest BCUT2D eigenvalue weighted by Gasteiger charge is -2.21. The molecule has 0 aromatic heterocycles. The van der Waals surface area contributed by atoms with Gasteiger partial charge in [-0.05, 0) is 82.5 Å². The van der Waals surface area contributed by atoms with Gasteiger partial charge in [-0.25, -0.2) is 0 Å². The van der Waals surface area contributed by atoms with E-state index in [1.807, 2.05) is 43.3 Å². The molecule has 0 radical (unpaired) electrons. The molecule has 154 valence electrons.